The number of H-pyrrole nitrogens is 1. The first-order valence-electron chi connectivity index (χ1n) is 5.53. The van der Waals surface area contributed by atoms with Crippen LogP contribution in [-0.2, 0) is 5.54 Å². The normalized spacial score (nSPS) is 12.2. The monoisotopic (exact) mass is 220 g/mol. The second-order valence-electron chi connectivity index (χ2n) is 4.22. The van der Waals surface area contributed by atoms with Crippen molar-refractivity contribution >= 4 is 11.2 Å². The van der Waals surface area contributed by atoms with Gasteiger partial charge in [-0.2, -0.15) is 0 Å². The van der Waals surface area contributed by atoms with Gasteiger partial charge < -0.3 is 9.55 Å². The molecule has 0 amide bonds. The van der Waals surface area contributed by atoms with Crippen LogP contribution in [0.25, 0.3) is 11.2 Å². The van der Waals surface area contributed by atoms with Crippen molar-refractivity contribution in [2.75, 3.05) is 0 Å². The van der Waals surface area contributed by atoms with Gasteiger partial charge in [-0.3, -0.25) is 4.79 Å². The van der Waals surface area contributed by atoms with Crippen LogP contribution in [0.3, 0.4) is 0 Å². The van der Waals surface area contributed by atoms with Crippen LogP contribution in [0.4, 0.5) is 0 Å². The Kier molecular flexibility index (Phi) is 2.53. The van der Waals surface area contributed by atoms with E-state index in [9.17, 15) is 4.79 Å². The molecule has 2 heterocycles. The maximum atomic E-state index is 11.5. The molecule has 2 aromatic heterocycles. The van der Waals surface area contributed by atoms with Gasteiger partial charge in [0.1, 0.15) is 0 Å². The fraction of sp³-hybridized carbons (Fsp3) is 0.545. The number of hydrogen-bond donors (Lipinski definition) is 1. The van der Waals surface area contributed by atoms with Crippen molar-refractivity contribution in [3.63, 3.8) is 0 Å². The van der Waals surface area contributed by atoms with Crippen molar-refractivity contribution < 1.29 is 0 Å². The SMILES string of the molecule is CCC(C)(CC)n1cnc2c(=O)[nH]cnc21. The lowest BCUT2D eigenvalue weighted by Crippen LogP contribution is -2.28. The van der Waals surface area contributed by atoms with E-state index in [4.69, 9.17) is 0 Å². The average molecular weight is 220 g/mol. The summed E-state index contributed by atoms with van der Waals surface area (Å²) in [6.45, 7) is 6.40. The molecule has 5 nitrogen and oxygen atoms in total. The van der Waals surface area contributed by atoms with Gasteiger partial charge in [-0.05, 0) is 19.8 Å². The molecular formula is C11H16N4O. The zero-order valence-corrected chi connectivity index (χ0v) is 9.82. The molecule has 0 saturated carbocycles. The molecule has 0 atom stereocenters. The molecule has 1 N–H and O–H groups in total. The van der Waals surface area contributed by atoms with Gasteiger partial charge in [-0.15, -0.1) is 0 Å². The molecule has 0 spiro atoms. The summed E-state index contributed by atoms with van der Waals surface area (Å²) in [6, 6.07) is 0. The Morgan fingerprint density at radius 1 is 1.38 bits per heavy atom. The molecule has 5 heteroatoms. The van der Waals surface area contributed by atoms with Crippen molar-refractivity contribution in [2.24, 2.45) is 0 Å². The van der Waals surface area contributed by atoms with E-state index in [0.29, 0.717) is 11.2 Å². The van der Waals surface area contributed by atoms with Gasteiger partial charge in [-0.1, -0.05) is 13.8 Å². The summed E-state index contributed by atoms with van der Waals surface area (Å²) in [6.07, 6.45) is 5.08. The zero-order valence-electron chi connectivity index (χ0n) is 9.82. The topological polar surface area (TPSA) is 63.6 Å². The van der Waals surface area contributed by atoms with Gasteiger partial charge in [0.05, 0.1) is 12.7 Å². The number of hydrogen-bond acceptors (Lipinski definition) is 3. The van der Waals surface area contributed by atoms with Crippen molar-refractivity contribution in [1.82, 2.24) is 19.5 Å². The fourth-order valence-corrected chi connectivity index (χ4v) is 1.83. The van der Waals surface area contributed by atoms with Gasteiger partial charge in [0.25, 0.3) is 5.56 Å². The van der Waals surface area contributed by atoms with Crippen LogP contribution in [0.1, 0.15) is 33.6 Å². The molecule has 0 saturated heterocycles. The third-order valence-corrected chi connectivity index (χ3v) is 3.44. The Bertz CT molecular complexity index is 550. The first-order valence-corrected chi connectivity index (χ1v) is 5.53. The predicted octanol–water partition coefficient (Wildman–Crippen LogP) is 1.65. The number of imidazole rings is 1. The summed E-state index contributed by atoms with van der Waals surface area (Å²) >= 11 is 0. The highest BCUT2D eigenvalue weighted by molar-refractivity contribution is 5.69. The number of fused-ring (bicyclic) bond motifs is 1. The van der Waals surface area contributed by atoms with Crippen molar-refractivity contribution in [3.05, 3.63) is 23.0 Å². The van der Waals surface area contributed by atoms with Gasteiger partial charge in [0.2, 0.25) is 0 Å². The Morgan fingerprint density at radius 2 is 2.06 bits per heavy atom. The van der Waals surface area contributed by atoms with E-state index in [-0.39, 0.29) is 11.1 Å². The van der Waals surface area contributed by atoms with E-state index in [2.05, 4.69) is 35.7 Å². The summed E-state index contributed by atoms with van der Waals surface area (Å²) in [4.78, 5) is 22.4. The summed E-state index contributed by atoms with van der Waals surface area (Å²) in [5.41, 5.74) is 0.860. The van der Waals surface area contributed by atoms with Gasteiger partial charge in [0.15, 0.2) is 11.2 Å². The second kappa shape index (κ2) is 3.73. The highest BCUT2D eigenvalue weighted by atomic mass is 16.1. The van der Waals surface area contributed by atoms with E-state index in [1.807, 2.05) is 4.57 Å². The predicted molar refractivity (Wildman–Crippen MR) is 62.4 cm³/mol. The van der Waals surface area contributed by atoms with E-state index in [1.165, 1.54) is 6.33 Å². The van der Waals surface area contributed by atoms with Crippen molar-refractivity contribution in [2.45, 2.75) is 39.2 Å². The van der Waals surface area contributed by atoms with E-state index < -0.39 is 0 Å². The van der Waals surface area contributed by atoms with Crippen LogP contribution in [0.5, 0.6) is 0 Å². The number of nitrogens with zero attached hydrogens (tertiary/aromatic N) is 3. The maximum absolute atomic E-state index is 11.5. The van der Waals surface area contributed by atoms with E-state index in [0.717, 1.165) is 12.8 Å². The smallest absolute Gasteiger partial charge is 0.278 e. The summed E-state index contributed by atoms with van der Waals surface area (Å²) in [7, 11) is 0. The molecule has 0 fully saturated rings. The molecule has 0 unspecified atom stereocenters. The molecule has 0 aromatic carbocycles. The average Bonchev–Trinajstić information content (AvgIpc) is 2.74. The first-order chi connectivity index (χ1) is 7.62. The summed E-state index contributed by atoms with van der Waals surface area (Å²) in [5, 5.41) is 0. The fourth-order valence-electron chi connectivity index (χ4n) is 1.83. The third-order valence-electron chi connectivity index (χ3n) is 3.44. The molecule has 0 aliphatic heterocycles. The van der Waals surface area contributed by atoms with Gasteiger partial charge >= 0.3 is 0 Å². The third kappa shape index (κ3) is 1.43. The lowest BCUT2D eigenvalue weighted by Gasteiger charge is -2.28. The Morgan fingerprint density at radius 3 is 2.69 bits per heavy atom. The lowest BCUT2D eigenvalue weighted by molar-refractivity contribution is 0.301. The number of aromatic amines is 1. The van der Waals surface area contributed by atoms with Crippen molar-refractivity contribution in [1.29, 1.82) is 0 Å². The number of aromatic nitrogens is 4. The first kappa shape index (κ1) is 10.9. The Balaban J connectivity index is 2.71. The minimum Gasteiger partial charge on any atom is -0.311 e. The molecule has 2 rings (SSSR count). The standard InChI is InChI=1S/C11H16N4O/c1-4-11(3,5-2)15-7-14-8-9(15)12-6-13-10(8)16/h6-7H,4-5H2,1-3H3,(H,12,13,16). The Hall–Kier alpha value is -1.65. The minimum absolute atomic E-state index is 0.0322. The molecular weight excluding hydrogens is 204 g/mol. The van der Waals surface area contributed by atoms with Crippen LogP contribution in [0.15, 0.2) is 17.4 Å². The Labute approximate surface area is 93.5 Å². The number of nitrogens with one attached hydrogen (secondary N) is 1. The van der Waals surface area contributed by atoms with Crippen LogP contribution in [0, 0.1) is 0 Å². The lowest BCUT2D eigenvalue weighted by atomic mass is 9.95. The zero-order chi connectivity index (χ0) is 11.8. The van der Waals surface area contributed by atoms with Gasteiger partial charge in [-0.25, -0.2) is 9.97 Å². The minimum atomic E-state index is -0.182. The summed E-state index contributed by atoms with van der Waals surface area (Å²) in [5.74, 6) is 0. The highest BCUT2D eigenvalue weighted by Crippen LogP contribution is 2.26. The molecule has 0 aliphatic carbocycles. The molecule has 0 bridgehead atoms. The highest BCUT2D eigenvalue weighted by Gasteiger charge is 2.24. The van der Waals surface area contributed by atoms with E-state index >= 15 is 0 Å². The molecule has 0 radical (unpaired) electrons. The molecule has 16 heavy (non-hydrogen) atoms. The van der Waals surface area contributed by atoms with Gasteiger partial charge in [0, 0.05) is 5.54 Å². The molecule has 86 valence electrons. The van der Waals surface area contributed by atoms with Crippen LogP contribution in [0.2, 0.25) is 0 Å². The largest absolute Gasteiger partial charge is 0.311 e. The van der Waals surface area contributed by atoms with Crippen LogP contribution in [-0.4, -0.2) is 19.5 Å². The van der Waals surface area contributed by atoms with Crippen LogP contribution < -0.4 is 5.56 Å². The molecule has 0 aliphatic rings. The second-order valence-corrected chi connectivity index (χ2v) is 4.22. The summed E-state index contributed by atoms with van der Waals surface area (Å²) < 4.78 is 2.00. The number of rotatable bonds is 3. The van der Waals surface area contributed by atoms with Crippen molar-refractivity contribution in [3.8, 4) is 0 Å². The van der Waals surface area contributed by atoms with E-state index in [1.54, 1.807) is 6.33 Å². The maximum Gasteiger partial charge on any atom is 0.278 e. The molecule has 2 aromatic rings. The van der Waals surface area contributed by atoms with Crippen LogP contribution >= 0.6 is 0 Å². The quantitative estimate of drug-likeness (QED) is 0.855.